The summed E-state index contributed by atoms with van der Waals surface area (Å²) >= 11 is 0. The summed E-state index contributed by atoms with van der Waals surface area (Å²) in [7, 11) is 1.92. The zero-order chi connectivity index (χ0) is 18.8. The van der Waals surface area contributed by atoms with E-state index in [1.807, 2.05) is 48.3 Å². The molecule has 0 radical (unpaired) electrons. The van der Waals surface area contributed by atoms with Crippen molar-refractivity contribution in [2.24, 2.45) is 13.0 Å². The summed E-state index contributed by atoms with van der Waals surface area (Å²) in [5.41, 5.74) is 1.70. The van der Waals surface area contributed by atoms with Crippen molar-refractivity contribution in [1.82, 2.24) is 19.7 Å². The average Bonchev–Trinajstić information content (AvgIpc) is 3.09. The van der Waals surface area contributed by atoms with E-state index in [9.17, 15) is 4.79 Å². The zero-order valence-corrected chi connectivity index (χ0v) is 15.9. The van der Waals surface area contributed by atoms with Crippen LogP contribution >= 0.6 is 0 Å². The molecular weight excluding hydrogens is 338 g/mol. The summed E-state index contributed by atoms with van der Waals surface area (Å²) < 4.78 is 1.81. The molecule has 1 fully saturated rings. The molecule has 6 heteroatoms. The molecule has 0 amide bonds. The molecule has 0 saturated carbocycles. The lowest BCUT2D eigenvalue weighted by Gasteiger charge is -2.32. The number of anilines is 1. The first-order chi connectivity index (χ1) is 13.2. The molecule has 3 aromatic rings. The Hall–Kier alpha value is -2.76. The molecule has 1 aromatic carbocycles. The summed E-state index contributed by atoms with van der Waals surface area (Å²) in [5.74, 6) is 2.18. The van der Waals surface area contributed by atoms with Gasteiger partial charge in [0, 0.05) is 38.0 Å². The molecule has 1 saturated heterocycles. The minimum Gasteiger partial charge on any atom is -0.356 e. The van der Waals surface area contributed by atoms with Crippen molar-refractivity contribution in [3.63, 3.8) is 0 Å². The molecule has 1 aliphatic heterocycles. The number of aromatic nitrogens is 4. The second-order valence-electron chi connectivity index (χ2n) is 7.21. The van der Waals surface area contributed by atoms with E-state index in [0.29, 0.717) is 0 Å². The molecule has 0 unspecified atom stereocenters. The number of carbonyl (C=O) groups is 1. The van der Waals surface area contributed by atoms with Crippen LogP contribution in [-0.2, 0) is 13.5 Å². The normalized spacial score (nSPS) is 15.4. The van der Waals surface area contributed by atoms with E-state index in [1.165, 1.54) is 0 Å². The fraction of sp³-hybridized carbons (Fsp3) is 0.429. The largest absolute Gasteiger partial charge is 0.356 e. The Labute approximate surface area is 159 Å². The van der Waals surface area contributed by atoms with Crippen molar-refractivity contribution in [1.29, 1.82) is 0 Å². The van der Waals surface area contributed by atoms with Gasteiger partial charge in [0.05, 0.1) is 11.6 Å². The Morgan fingerprint density at radius 2 is 1.89 bits per heavy atom. The number of nitrogens with zero attached hydrogens (tertiary/aromatic N) is 5. The maximum absolute atomic E-state index is 12.7. The number of Topliss-reactive ketones (excluding diaryl/α,β-unsaturated/α-hetero) is 1. The third-order valence-electron chi connectivity index (χ3n) is 5.32. The molecule has 3 heterocycles. The highest BCUT2D eigenvalue weighted by Crippen LogP contribution is 2.29. The van der Waals surface area contributed by atoms with E-state index in [2.05, 4.69) is 21.9 Å². The monoisotopic (exact) mass is 363 g/mol. The highest BCUT2D eigenvalue weighted by atomic mass is 16.1. The van der Waals surface area contributed by atoms with Crippen LogP contribution in [0.4, 0.5) is 5.82 Å². The second-order valence-corrected chi connectivity index (χ2v) is 7.21. The van der Waals surface area contributed by atoms with Gasteiger partial charge in [0.1, 0.15) is 11.6 Å². The van der Waals surface area contributed by atoms with Crippen molar-refractivity contribution in [3.05, 3.63) is 47.9 Å². The molecule has 0 N–H and O–H groups in total. The van der Waals surface area contributed by atoms with Gasteiger partial charge in [0.2, 0.25) is 0 Å². The van der Waals surface area contributed by atoms with E-state index < -0.39 is 0 Å². The number of fused-ring (bicyclic) bond motifs is 1. The molecule has 4 rings (SSSR count). The molecule has 0 spiro atoms. The fourth-order valence-electron chi connectivity index (χ4n) is 3.82. The first-order valence-electron chi connectivity index (χ1n) is 9.70. The topological polar surface area (TPSA) is 63.9 Å². The van der Waals surface area contributed by atoms with Gasteiger partial charge in [0.15, 0.2) is 11.4 Å². The molecule has 0 atom stereocenters. The van der Waals surface area contributed by atoms with Crippen molar-refractivity contribution in [2.45, 2.75) is 32.6 Å². The van der Waals surface area contributed by atoms with Crippen LogP contribution in [0.1, 0.15) is 42.4 Å². The Kier molecular flexibility index (Phi) is 4.88. The summed E-state index contributed by atoms with van der Waals surface area (Å²) in [6, 6.07) is 9.63. The second kappa shape index (κ2) is 7.47. The smallest absolute Gasteiger partial charge is 0.166 e. The number of hydrogen-bond donors (Lipinski definition) is 0. The average molecular weight is 363 g/mol. The number of aryl methyl sites for hydroxylation is 2. The molecule has 140 valence electrons. The van der Waals surface area contributed by atoms with Crippen LogP contribution in [0, 0.1) is 5.92 Å². The van der Waals surface area contributed by atoms with Gasteiger partial charge in [-0.1, -0.05) is 37.3 Å². The highest BCUT2D eigenvalue weighted by Gasteiger charge is 2.27. The summed E-state index contributed by atoms with van der Waals surface area (Å²) in [4.78, 5) is 24.5. The lowest BCUT2D eigenvalue weighted by Crippen LogP contribution is -2.37. The summed E-state index contributed by atoms with van der Waals surface area (Å²) in [6.07, 6.45) is 5.42. The number of benzene rings is 1. The molecule has 2 aromatic heterocycles. The highest BCUT2D eigenvalue weighted by molar-refractivity contribution is 5.98. The quantitative estimate of drug-likeness (QED) is 0.650. The van der Waals surface area contributed by atoms with Crippen LogP contribution in [0.5, 0.6) is 0 Å². The predicted octanol–water partition coefficient (Wildman–Crippen LogP) is 3.42. The fourth-order valence-corrected chi connectivity index (χ4v) is 3.82. The predicted molar refractivity (Wildman–Crippen MR) is 106 cm³/mol. The third kappa shape index (κ3) is 3.44. The number of carbonyl (C=O) groups excluding carboxylic acids is 1. The number of rotatable bonds is 5. The van der Waals surface area contributed by atoms with Gasteiger partial charge in [0.25, 0.3) is 0 Å². The molecule has 0 aliphatic carbocycles. The minimum atomic E-state index is 0.0880. The maximum Gasteiger partial charge on any atom is 0.166 e. The van der Waals surface area contributed by atoms with Crippen LogP contribution in [0.25, 0.3) is 11.0 Å². The molecule has 1 aliphatic rings. The van der Waals surface area contributed by atoms with Crippen LogP contribution in [0.3, 0.4) is 0 Å². The van der Waals surface area contributed by atoms with Crippen molar-refractivity contribution >= 4 is 22.6 Å². The Morgan fingerprint density at radius 3 is 2.59 bits per heavy atom. The maximum atomic E-state index is 12.7. The Bertz CT molecular complexity index is 942. The van der Waals surface area contributed by atoms with Crippen molar-refractivity contribution in [2.75, 3.05) is 18.0 Å². The first-order valence-corrected chi connectivity index (χ1v) is 9.70. The van der Waals surface area contributed by atoms with Crippen LogP contribution < -0.4 is 4.90 Å². The number of ketones is 1. The van der Waals surface area contributed by atoms with Gasteiger partial charge >= 0.3 is 0 Å². The standard InChI is InChI=1S/C21H25N5O/c1-3-7-18-23-20-17(14-22-25(20)2)21(24-18)26-12-10-16(11-13-26)19(27)15-8-5-4-6-9-15/h4-6,8-9,14,16H,3,7,10-13H2,1-2H3. The Morgan fingerprint density at radius 1 is 1.15 bits per heavy atom. The van der Waals surface area contributed by atoms with E-state index in [-0.39, 0.29) is 11.7 Å². The SMILES string of the molecule is CCCc1nc(N2CCC(C(=O)c3ccccc3)CC2)c2cnn(C)c2n1. The Balaban J connectivity index is 1.55. The van der Waals surface area contributed by atoms with Crippen LogP contribution in [0.15, 0.2) is 36.5 Å². The van der Waals surface area contributed by atoms with Crippen molar-refractivity contribution in [3.8, 4) is 0 Å². The lowest BCUT2D eigenvalue weighted by molar-refractivity contribution is 0.0900. The van der Waals surface area contributed by atoms with Gasteiger partial charge in [-0.25, -0.2) is 9.97 Å². The van der Waals surface area contributed by atoms with Gasteiger partial charge in [-0.05, 0) is 19.3 Å². The zero-order valence-electron chi connectivity index (χ0n) is 15.9. The van der Waals surface area contributed by atoms with E-state index in [0.717, 1.165) is 67.0 Å². The van der Waals surface area contributed by atoms with E-state index in [1.54, 1.807) is 0 Å². The molecule has 27 heavy (non-hydrogen) atoms. The number of piperidine rings is 1. The summed E-state index contributed by atoms with van der Waals surface area (Å²) in [6.45, 7) is 3.79. The molecule has 0 bridgehead atoms. The van der Waals surface area contributed by atoms with Gasteiger partial charge in [-0.2, -0.15) is 5.10 Å². The van der Waals surface area contributed by atoms with Gasteiger partial charge in [-0.15, -0.1) is 0 Å². The van der Waals surface area contributed by atoms with Gasteiger partial charge < -0.3 is 4.90 Å². The number of hydrogen-bond acceptors (Lipinski definition) is 5. The van der Waals surface area contributed by atoms with E-state index in [4.69, 9.17) is 4.98 Å². The minimum absolute atomic E-state index is 0.0880. The third-order valence-corrected chi connectivity index (χ3v) is 5.32. The summed E-state index contributed by atoms with van der Waals surface area (Å²) in [5, 5.41) is 5.36. The van der Waals surface area contributed by atoms with Crippen molar-refractivity contribution < 1.29 is 4.79 Å². The molecule has 6 nitrogen and oxygen atoms in total. The van der Waals surface area contributed by atoms with Gasteiger partial charge in [-0.3, -0.25) is 9.48 Å². The lowest BCUT2D eigenvalue weighted by atomic mass is 9.89. The van der Waals surface area contributed by atoms with Crippen LogP contribution in [-0.4, -0.2) is 38.6 Å². The first kappa shape index (κ1) is 17.6. The van der Waals surface area contributed by atoms with Crippen LogP contribution in [0.2, 0.25) is 0 Å². The molecular formula is C21H25N5O. The van der Waals surface area contributed by atoms with E-state index >= 15 is 0 Å².